The van der Waals surface area contributed by atoms with Crippen molar-refractivity contribution in [3.63, 3.8) is 0 Å². The second kappa shape index (κ2) is 17.9. The van der Waals surface area contributed by atoms with Crippen LogP contribution >= 0.6 is 0 Å². The topological polar surface area (TPSA) is 132 Å². The molecule has 2 saturated heterocycles. The number of fused-ring (bicyclic) bond motifs is 1. The van der Waals surface area contributed by atoms with Crippen LogP contribution in [0.3, 0.4) is 0 Å². The minimum Gasteiger partial charge on any atom is -0.394 e. The molecule has 0 aromatic carbocycles. The van der Waals surface area contributed by atoms with E-state index in [4.69, 9.17) is 33.2 Å². The first-order valence-electron chi connectivity index (χ1n) is 14.1. The summed E-state index contributed by atoms with van der Waals surface area (Å²) in [5.74, 6) is 0. The largest absolute Gasteiger partial charge is 0.394 e. The molecule has 2 heterocycles. The van der Waals surface area contributed by atoms with Gasteiger partial charge in [0.1, 0.15) is 26.9 Å². The summed E-state index contributed by atoms with van der Waals surface area (Å²) in [6.07, 6.45) is -2.83. The first kappa shape index (κ1) is 34.4. The zero-order chi connectivity index (χ0) is 29.7. The summed E-state index contributed by atoms with van der Waals surface area (Å²) < 4.78 is 39.9. The molecule has 0 aromatic rings. The molecule has 2 aliphatic rings. The predicted molar refractivity (Wildman–Crippen MR) is 144 cm³/mol. The van der Waals surface area contributed by atoms with Crippen molar-refractivity contribution in [1.29, 1.82) is 0 Å². The van der Waals surface area contributed by atoms with Crippen LogP contribution in [0.5, 0.6) is 0 Å². The molecule has 6 unspecified atom stereocenters. The van der Waals surface area contributed by atoms with Gasteiger partial charge in [-0.2, -0.15) is 0 Å². The van der Waals surface area contributed by atoms with E-state index in [1.165, 1.54) is 19.6 Å². The molecule has 234 valence electrons. The maximum absolute atomic E-state index is 13.8. The number of nitrogens with zero attached hydrogens (tertiary/aromatic N) is 4. The van der Waals surface area contributed by atoms with Crippen LogP contribution in [-0.2, 0) is 33.2 Å². The predicted octanol–water partition coefficient (Wildman–Crippen LogP) is 1.67. The van der Waals surface area contributed by atoms with Gasteiger partial charge in [-0.15, -0.1) is 0 Å². The zero-order valence-corrected chi connectivity index (χ0v) is 25.2. The Balaban J connectivity index is 2.32. The summed E-state index contributed by atoms with van der Waals surface area (Å²) in [5.41, 5.74) is 0. The van der Waals surface area contributed by atoms with Crippen LogP contribution in [0.25, 0.3) is 0 Å². The van der Waals surface area contributed by atoms with Crippen molar-refractivity contribution in [3.8, 4) is 0 Å². The summed E-state index contributed by atoms with van der Waals surface area (Å²) in [4.78, 5) is 33.4. The van der Waals surface area contributed by atoms with Gasteiger partial charge >= 0.3 is 12.1 Å². The van der Waals surface area contributed by atoms with Crippen LogP contribution in [-0.4, -0.2) is 147 Å². The molecule has 0 aliphatic carbocycles. The molecule has 1 N–H and O–H groups in total. The highest BCUT2D eigenvalue weighted by Crippen LogP contribution is 2.35. The maximum Gasteiger partial charge on any atom is 0.327 e. The van der Waals surface area contributed by atoms with Crippen molar-refractivity contribution in [2.45, 2.75) is 85.2 Å². The summed E-state index contributed by atoms with van der Waals surface area (Å²) >= 11 is 0. The summed E-state index contributed by atoms with van der Waals surface area (Å²) in [6, 6.07) is -0.738. The molecule has 0 spiro atoms. The lowest BCUT2D eigenvalue weighted by atomic mass is 10.3. The van der Waals surface area contributed by atoms with Gasteiger partial charge in [0, 0.05) is 19.8 Å². The van der Waals surface area contributed by atoms with Gasteiger partial charge in [-0.1, -0.05) is 0 Å². The number of rotatable bonds is 22. The highest BCUT2D eigenvalue weighted by Gasteiger charge is 2.59. The SMILES string of the molecule is CCOCC(C)OCN1C(=O)N(COC(C)COCC)C2C1N(COC(C)CO)C(=O)N2COC(C)COCC. The lowest BCUT2D eigenvalue weighted by Crippen LogP contribution is -2.49. The fraction of sp³-hybridized carbons (Fsp3) is 0.923. The minimum absolute atomic E-state index is 0.0702. The fourth-order valence-corrected chi connectivity index (χ4v) is 4.17. The average molecular weight is 579 g/mol. The third-order valence-electron chi connectivity index (χ3n) is 6.45. The molecule has 2 rings (SSSR count). The molecular formula is C26H50N4O10. The van der Waals surface area contributed by atoms with Gasteiger partial charge in [-0.05, 0) is 48.5 Å². The molecule has 0 bridgehead atoms. The van der Waals surface area contributed by atoms with E-state index in [-0.39, 0.29) is 63.9 Å². The first-order valence-corrected chi connectivity index (χ1v) is 14.1. The smallest absolute Gasteiger partial charge is 0.327 e. The Morgan fingerprint density at radius 2 is 0.850 bits per heavy atom. The second-order valence-corrected chi connectivity index (χ2v) is 9.86. The number of ether oxygens (including phenoxy) is 7. The van der Waals surface area contributed by atoms with Crippen molar-refractivity contribution in [2.24, 2.45) is 0 Å². The highest BCUT2D eigenvalue weighted by molar-refractivity contribution is 5.85. The monoisotopic (exact) mass is 578 g/mol. The van der Waals surface area contributed by atoms with Crippen LogP contribution in [0.4, 0.5) is 9.59 Å². The molecule has 0 radical (unpaired) electrons. The van der Waals surface area contributed by atoms with Gasteiger partial charge in [-0.25, -0.2) is 9.59 Å². The van der Waals surface area contributed by atoms with Crippen molar-refractivity contribution < 1.29 is 47.9 Å². The maximum atomic E-state index is 13.8. The molecule has 0 aromatic heterocycles. The van der Waals surface area contributed by atoms with Gasteiger partial charge in [0.15, 0.2) is 12.3 Å². The Kier molecular flexibility index (Phi) is 15.4. The molecule has 2 aliphatic heterocycles. The van der Waals surface area contributed by atoms with Gasteiger partial charge in [-0.3, -0.25) is 19.6 Å². The van der Waals surface area contributed by atoms with E-state index in [2.05, 4.69) is 0 Å². The van der Waals surface area contributed by atoms with E-state index in [9.17, 15) is 14.7 Å². The Hall–Kier alpha value is -1.78. The minimum atomic E-state index is -0.748. The van der Waals surface area contributed by atoms with Gasteiger partial charge in [0.25, 0.3) is 0 Å². The van der Waals surface area contributed by atoms with E-state index < -0.39 is 18.4 Å². The molecule has 0 saturated carbocycles. The quantitative estimate of drug-likeness (QED) is 0.202. The Bertz CT molecular complexity index is 734. The van der Waals surface area contributed by atoms with Crippen LogP contribution < -0.4 is 0 Å². The average Bonchev–Trinajstić information content (AvgIpc) is 3.37. The lowest BCUT2D eigenvalue weighted by Gasteiger charge is -2.31. The van der Waals surface area contributed by atoms with E-state index in [1.807, 2.05) is 41.5 Å². The summed E-state index contributed by atoms with van der Waals surface area (Å²) in [6.45, 7) is 15.1. The highest BCUT2D eigenvalue weighted by atomic mass is 16.6. The summed E-state index contributed by atoms with van der Waals surface area (Å²) in [7, 11) is 0. The van der Waals surface area contributed by atoms with E-state index in [0.29, 0.717) is 39.6 Å². The van der Waals surface area contributed by atoms with Gasteiger partial charge < -0.3 is 38.3 Å². The fourth-order valence-electron chi connectivity index (χ4n) is 4.17. The van der Waals surface area contributed by atoms with Crippen molar-refractivity contribution in [2.75, 3.05) is 73.2 Å². The standard InChI is InChI=1S/C26H50N4O10/c1-8-34-12-20(5)38-16-28-23-24(30(26(28)33)18-40-22(7)14-36-10-3)29(17-39-21(6)13-35-9-2)25(32)27(23)15-37-19(4)11-31/h19-24,31H,8-18H2,1-7H3. The number of aliphatic hydroxyl groups excluding tert-OH is 1. The second-order valence-electron chi connectivity index (χ2n) is 9.86. The number of hydrogen-bond acceptors (Lipinski definition) is 10. The number of carbonyl (C=O) groups excluding carboxylic acids is 2. The lowest BCUT2D eigenvalue weighted by molar-refractivity contribution is -0.0857. The van der Waals surface area contributed by atoms with Crippen LogP contribution in [0.15, 0.2) is 0 Å². The molecule has 14 nitrogen and oxygen atoms in total. The van der Waals surface area contributed by atoms with Crippen LogP contribution in [0, 0.1) is 0 Å². The number of aliphatic hydroxyl groups is 1. The zero-order valence-electron chi connectivity index (χ0n) is 25.2. The van der Waals surface area contributed by atoms with Gasteiger partial charge in [0.05, 0.1) is 50.8 Å². The first-order chi connectivity index (χ1) is 19.2. The Morgan fingerprint density at radius 1 is 0.575 bits per heavy atom. The normalized spacial score (nSPS) is 22.3. The molecule has 6 atom stereocenters. The molecule has 2 fully saturated rings. The number of amides is 4. The number of carbonyl (C=O) groups is 2. The Morgan fingerprint density at radius 3 is 1.10 bits per heavy atom. The number of urea groups is 2. The van der Waals surface area contributed by atoms with E-state index >= 15 is 0 Å². The van der Waals surface area contributed by atoms with E-state index in [0.717, 1.165) is 0 Å². The van der Waals surface area contributed by atoms with Gasteiger partial charge in [0.2, 0.25) is 0 Å². The third kappa shape index (κ3) is 9.65. The van der Waals surface area contributed by atoms with Crippen molar-refractivity contribution in [3.05, 3.63) is 0 Å². The third-order valence-corrected chi connectivity index (χ3v) is 6.45. The van der Waals surface area contributed by atoms with E-state index in [1.54, 1.807) is 6.92 Å². The van der Waals surface area contributed by atoms with Crippen molar-refractivity contribution in [1.82, 2.24) is 19.6 Å². The van der Waals surface area contributed by atoms with Crippen LogP contribution in [0.1, 0.15) is 48.5 Å². The molecular weight excluding hydrogens is 528 g/mol. The molecule has 14 heteroatoms. The van der Waals surface area contributed by atoms with Crippen molar-refractivity contribution >= 4 is 12.1 Å². The number of hydrogen-bond donors (Lipinski definition) is 1. The molecule has 40 heavy (non-hydrogen) atoms. The summed E-state index contributed by atoms with van der Waals surface area (Å²) in [5, 5.41) is 9.46. The molecule has 4 amide bonds. The Labute approximate surface area is 238 Å². The van der Waals surface area contributed by atoms with Crippen LogP contribution in [0.2, 0.25) is 0 Å².